The summed E-state index contributed by atoms with van der Waals surface area (Å²) in [4.78, 5) is 18.9. The van der Waals surface area contributed by atoms with Crippen LogP contribution in [0.15, 0.2) is 54.7 Å². The van der Waals surface area contributed by atoms with Crippen LogP contribution in [0.5, 0.6) is 0 Å². The molecule has 1 atom stereocenters. The van der Waals surface area contributed by atoms with Gasteiger partial charge in [-0.25, -0.2) is 0 Å². The van der Waals surface area contributed by atoms with Gasteiger partial charge in [0.25, 0.3) is 0 Å². The lowest BCUT2D eigenvalue weighted by Gasteiger charge is -2.24. The van der Waals surface area contributed by atoms with Crippen LogP contribution >= 0.6 is 11.6 Å². The maximum atomic E-state index is 12.7. The summed E-state index contributed by atoms with van der Waals surface area (Å²) in [7, 11) is 0. The molecule has 108 valence electrons. The summed E-state index contributed by atoms with van der Waals surface area (Å²) in [6.07, 6.45) is 3.86. The number of hydrogen-bond donors (Lipinski definition) is 0. The Morgan fingerprint density at radius 2 is 1.90 bits per heavy atom. The molecule has 1 fully saturated rings. The molecule has 0 aliphatic heterocycles. The number of hydrogen-bond acceptors (Lipinski definition) is 2. The number of carbonyl (C=O) groups excluding carboxylic acids is 1. The average molecular weight is 301 g/mol. The van der Waals surface area contributed by atoms with Gasteiger partial charge in [-0.05, 0) is 30.5 Å². The van der Waals surface area contributed by atoms with Gasteiger partial charge in [0.2, 0.25) is 5.91 Å². The summed E-state index contributed by atoms with van der Waals surface area (Å²) in [6, 6.07) is 15.6. The van der Waals surface area contributed by atoms with Crippen molar-refractivity contribution in [3.63, 3.8) is 0 Å². The summed E-state index contributed by atoms with van der Waals surface area (Å²) in [5.74, 6) is -0.0315. The molecule has 4 heteroatoms. The Balaban J connectivity index is 1.76. The second-order valence-electron chi connectivity index (χ2n) is 5.29. The molecule has 21 heavy (non-hydrogen) atoms. The second-order valence-corrected chi connectivity index (χ2v) is 5.73. The van der Waals surface area contributed by atoms with Crippen LogP contribution < -0.4 is 0 Å². The molecule has 1 unspecified atom stereocenters. The zero-order valence-electron chi connectivity index (χ0n) is 11.7. The van der Waals surface area contributed by atoms with E-state index in [9.17, 15) is 4.79 Å². The van der Waals surface area contributed by atoms with Crippen LogP contribution in [0.1, 0.15) is 29.5 Å². The summed E-state index contributed by atoms with van der Waals surface area (Å²) in [5.41, 5.74) is 1.74. The fourth-order valence-electron chi connectivity index (χ4n) is 2.35. The van der Waals surface area contributed by atoms with Gasteiger partial charge in [0, 0.05) is 12.2 Å². The highest BCUT2D eigenvalue weighted by Crippen LogP contribution is 2.32. The van der Waals surface area contributed by atoms with E-state index in [1.807, 2.05) is 53.4 Å². The van der Waals surface area contributed by atoms with Crippen molar-refractivity contribution in [3.8, 4) is 0 Å². The molecule has 2 aromatic rings. The molecule has 0 spiro atoms. The van der Waals surface area contributed by atoms with Crippen LogP contribution in [-0.2, 0) is 11.3 Å². The van der Waals surface area contributed by atoms with E-state index in [1.54, 1.807) is 6.20 Å². The number of carbonyl (C=O) groups is 1. The third-order valence-electron chi connectivity index (χ3n) is 3.64. The predicted molar refractivity (Wildman–Crippen MR) is 82.8 cm³/mol. The summed E-state index contributed by atoms with van der Waals surface area (Å²) < 4.78 is 0. The molecule has 1 aliphatic carbocycles. The third-order valence-corrected chi connectivity index (χ3v) is 4.08. The van der Waals surface area contributed by atoms with Crippen LogP contribution in [0.25, 0.3) is 0 Å². The molecule has 0 saturated heterocycles. The molecule has 1 amide bonds. The van der Waals surface area contributed by atoms with E-state index in [4.69, 9.17) is 11.6 Å². The maximum Gasteiger partial charge on any atom is 0.245 e. The highest BCUT2D eigenvalue weighted by atomic mass is 35.5. The number of aromatic nitrogens is 1. The minimum atomic E-state index is -0.629. The first-order valence-electron chi connectivity index (χ1n) is 7.15. The van der Waals surface area contributed by atoms with Crippen LogP contribution in [0.2, 0.25) is 0 Å². The van der Waals surface area contributed by atoms with Gasteiger partial charge in [-0.2, -0.15) is 0 Å². The molecule has 1 saturated carbocycles. The highest BCUT2D eigenvalue weighted by molar-refractivity contribution is 6.30. The Bertz CT molecular complexity index is 599. The number of benzene rings is 1. The van der Waals surface area contributed by atoms with Crippen LogP contribution in [0, 0.1) is 0 Å². The Labute approximate surface area is 129 Å². The molecule has 3 rings (SSSR count). The second kappa shape index (κ2) is 6.27. The first-order valence-corrected chi connectivity index (χ1v) is 7.59. The van der Waals surface area contributed by atoms with Gasteiger partial charge < -0.3 is 4.90 Å². The van der Waals surface area contributed by atoms with Crippen LogP contribution in [0.4, 0.5) is 0 Å². The van der Waals surface area contributed by atoms with Crippen molar-refractivity contribution in [3.05, 3.63) is 66.0 Å². The first kappa shape index (κ1) is 14.1. The molecule has 3 nitrogen and oxygen atoms in total. The molecular weight excluding hydrogens is 284 g/mol. The fourth-order valence-corrected chi connectivity index (χ4v) is 2.62. The van der Waals surface area contributed by atoms with E-state index in [1.165, 1.54) is 0 Å². The topological polar surface area (TPSA) is 33.2 Å². The average Bonchev–Trinajstić information content (AvgIpc) is 3.38. The number of nitrogens with zero attached hydrogens (tertiary/aromatic N) is 2. The first-order chi connectivity index (χ1) is 10.3. The van der Waals surface area contributed by atoms with Gasteiger partial charge in [0.05, 0.1) is 12.2 Å². The molecule has 1 aliphatic rings. The summed E-state index contributed by atoms with van der Waals surface area (Å²) in [6.45, 7) is 0.528. The molecule has 0 bridgehead atoms. The maximum absolute atomic E-state index is 12.7. The van der Waals surface area contributed by atoms with Gasteiger partial charge in [-0.1, -0.05) is 36.4 Å². The minimum Gasteiger partial charge on any atom is -0.332 e. The molecule has 1 aromatic heterocycles. The van der Waals surface area contributed by atoms with Crippen molar-refractivity contribution in [2.45, 2.75) is 30.8 Å². The Kier molecular flexibility index (Phi) is 4.20. The van der Waals surface area contributed by atoms with Crippen molar-refractivity contribution < 1.29 is 4.79 Å². The van der Waals surface area contributed by atoms with E-state index < -0.39 is 5.38 Å². The molecule has 0 radical (unpaired) electrons. The van der Waals surface area contributed by atoms with Crippen LogP contribution in [0.3, 0.4) is 0 Å². The number of rotatable bonds is 5. The van der Waals surface area contributed by atoms with Gasteiger partial charge in [-0.3, -0.25) is 9.78 Å². The normalized spacial score (nSPS) is 15.5. The molecular formula is C17H17ClN2O. The quantitative estimate of drug-likeness (QED) is 0.791. The largest absolute Gasteiger partial charge is 0.332 e. The lowest BCUT2D eigenvalue weighted by Crippen LogP contribution is -2.35. The monoisotopic (exact) mass is 300 g/mol. The molecule has 1 heterocycles. The minimum absolute atomic E-state index is 0.0315. The zero-order chi connectivity index (χ0) is 14.7. The lowest BCUT2D eigenvalue weighted by molar-refractivity contribution is -0.132. The van der Waals surface area contributed by atoms with Gasteiger partial charge in [0.15, 0.2) is 0 Å². The SMILES string of the molecule is O=C(C(Cl)c1ccccc1)N(Cc1ccccn1)C1CC1. The molecule has 0 N–H and O–H groups in total. The smallest absolute Gasteiger partial charge is 0.245 e. The Morgan fingerprint density at radius 3 is 2.52 bits per heavy atom. The standard InChI is InChI=1S/C17H17ClN2O/c18-16(13-6-2-1-3-7-13)17(21)20(15-9-10-15)12-14-8-4-5-11-19-14/h1-8,11,15-16H,9-10,12H2. The van der Waals surface area contributed by atoms with Gasteiger partial charge in [0.1, 0.15) is 5.38 Å². The van der Waals surface area contributed by atoms with E-state index >= 15 is 0 Å². The van der Waals surface area contributed by atoms with E-state index in [-0.39, 0.29) is 5.91 Å². The predicted octanol–water partition coefficient (Wildman–Crippen LogP) is 3.55. The number of halogens is 1. The van der Waals surface area contributed by atoms with E-state index in [0.29, 0.717) is 12.6 Å². The highest BCUT2D eigenvalue weighted by Gasteiger charge is 2.35. The molecule has 1 aromatic carbocycles. The van der Waals surface area contributed by atoms with Crippen molar-refractivity contribution in [1.29, 1.82) is 0 Å². The number of pyridine rings is 1. The number of alkyl halides is 1. The van der Waals surface area contributed by atoms with Crippen LogP contribution in [-0.4, -0.2) is 21.8 Å². The van der Waals surface area contributed by atoms with Gasteiger partial charge in [-0.15, -0.1) is 11.6 Å². The number of amides is 1. The van der Waals surface area contributed by atoms with Crippen molar-refractivity contribution in [2.75, 3.05) is 0 Å². The Morgan fingerprint density at radius 1 is 1.19 bits per heavy atom. The van der Waals surface area contributed by atoms with E-state index in [2.05, 4.69) is 4.98 Å². The summed E-state index contributed by atoms with van der Waals surface area (Å²) in [5, 5.41) is -0.629. The fraction of sp³-hybridized carbons (Fsp3) is 0.294. The third kappa shape index (κ3) is 3.42. The summed E-state index contributed by atoms with van der Waals surface area (Å²) >= 11 is 6.38. The zero-order valence-corrected chi connectivity index (χ0v) is 12.4. The van der Waals surface area contributed by atoms with E-state index in [0.717, 1.165) is 24.1 Å². The van der Waals surface area contributed by atoms with Crippen molar-refractivity contribution in [1.82, 2.24) is 9.88 Å². The Hall–Kier alpha value is -1.87. The van der Waals surface area contributed by atoms with Gasteiger partial charge >= 0.3 is 0 Å². The van der Waals surface area contributed by atoms with Crippen molar-refractivity contribution in [2.24, 2.45) is 0 Å². The lowest BCUT2D eigenvalue weighted by atomic mass is 10.1. The van der Waals surface area contributed by atoms with Crippen molar-refractivity contribution >= 4 is 17.5 Å².